The summed E-state index contributed by atoms with van der Waals surface area (Å²) in [4.78, 5) is 26.6. The van der Waals surface area contributed by atoms with E-state index in [4.69, 9.17) is 0 Å². The highest BCUT2D eigenvalue weighted by atomic mass is 16.2. The van der Waals surface area contributed by atoms with Gasteiger partial charge in [-0.3, -0.25) is 14.3 Å². The number of nitrogens with one attached hydrogen (secondary N) is 1. The van der Waals surface area contributed by atoms with Gasteiger partial charge in [0, 0.05) is 26.2 Å². The highest BCUT2D eigenvalue weighted by Gasteiger charge is 2.34. The Labute approximate surface area is 135 Å². The molecule has 2 amide bonds. The molecule has 0 unspecified atom stereocenters. The summed E-state index contributed by atoms with van der Waals surface area (Å²) < 4.78 is 1.61. The Hall–Kier alpha value is -2.63. The Morgan fingerprint density at radius 3 is 2.70 bits per heavy atom. The van der Waals surface area contributed by atoms with E-state index in [0.717, 1.165) is 16.7 Å². The van der Waals surface area contributed by atoms with Crippen molar-refractivity contribution < 1.29 is 9.59 Å². The van der Waals surface area contributed by atoms with Crippen molar-refractivity contribution in [2.24, 2.45) is 0 Å². The number of carbonyl (C=O) groups is 2. The van der Waals surface area contributed by atoms with Crippen LogP contribution in [0.25, 0.3) is 0 Å². The van der Waals surface area contributed by atoms with E-state index < -0.39 is 6.04 Å². The number of amides is 2. The van der Waals surface area contributed by atoms with Crippen molar-refractivity contribution in [1.29, 1.82) is 0 Å². The van der Waals surface area contributed by atoms with Crippen LogP contribution in [0.2, 0.25) is 0 Å². The molecule has 120 valence electrons. The molecule has 0 fully saturated rings. The van der Waals surface area contributed by atoms with Gasteiger partial charge in [-0.1, -0.05) is 24.3 Å². The number of likely N-dealkylation sites (N-methyl/N-ethyl adjacent to an activating group) is 1. The van der Waals surface area contributed by atoms with Crippen LogP contribution in [0.4, 0.5) is 0 Å². The fourth-order valence-electron chi connectivity index (χ4n) is 2.97. The maximum Gasteiger partial charge on any atom is 0.245 e. The van der Waals surface area contributed by atoms with Gasteiger partial charge in [0.15, 0.2) is 0 Å². The minimum atomic E-state index is -0.473. The molecule has 1 N–H and O–H groups in total. The van der Waals surface area contributed by atoms with Crippen LogP contribution in [-0.4, -0.2) is 39.6 Å². The second-order valence-corrected chi connectivity index (χ2v) is 5.84. The van der Waals surface area contributed by atoms with E-state index in [-0.39, 0.29) is 18.4 Å². The minimum Gasteiger partial charge on any atom is -0.357 e. The predicted molar refractivity (Wildman–Crippen MR) is 85.5 cm³/mol. The summed E-state index contributed by atoms with van der Waals surface area (Å²) in [5, 5.41) is 6.82. The number of aromatic nitrogens is 2. The van der Waals surface area contributed by atoms with E-state index >= 15 is 0 Å². The van der Waals surface area contributed by atoms with Gasteiger partial charge in [-0.05, 0) is 23.6 Å². The Balaban J connectivity index is 1.85. The normalized spacial score (nSPS) is 16.8. The van der Waals surface area contributed by atoms with Crippen molar-refractivity contribution in [3.05, 3.63) is 53.3 Å². The first-order chi connectivity index (χ1) is 11.1. The average Bonchev–Trinajstić information content (AvgIpc) is 2.97. The Kier molecular flexibility index (Phi) is 4.14. The number of hydrogen-bond donors (Lipinski definition) is 1. The third-order valence-corrected chi connectivity index (χ3v) is 4.18. The number of benzene rings is 1. The molecular weight excluding hydrogens is 292 g/mol. The van der Waals surface area contributed by atoms with Crippen LogP contribution in [0.15, 0.2) is 36.7 Å². The van der Waals surface area contributed by atoms with Crippen molar-refractivity contribution in [1.82, 2.24) is 20.0 Å². The SMILES string of the molecule is CNC(=O)[C@@H]1Cc2ccccc2CN1C(=O)Cn1cc(C)cn1. The lowest BCUT2D eigenvalue weighted by molar-refractivity contribution is -0.142. The van der Waals surface area contributed by atoms with Crippen LogP contribution in [0.3, 0.4) is 0 Å². The van der Waals surface area contributed by atoms with Crippen molar-refractivity contribution in [2.45, 2.75) is 32.5 Å². The summed E-state index contributed by atoms with van der Waals surface area (Å²) in [5.41, 5.74) is 3.22. The molecule has 0 bridgehead atoms. The molecule has 0 aliphatic carbocycles. The molecule has 2 aromatic rings. The van der Waals surface area contributed by atoms with Gasteiger partial charge in [0.05, 0.1) is 6.20 Å². The van der Waals surface area contributed by atoms with Crippen molar-refractivity contribution in [3.63, 3.8) is 0 Å². The Morgan fingerprint density at radius 2 is 2.04 bits per heavy atom. The molecule has 23 heavy (non-hydrogen) atoms. The van der Waals surface area contributed by atoms with Gasteiger partial charge in [-0.15, -0.1) is 0 Å². The molecule has 1 aliphatic heterocycles. The van der Waals surface area contributed by atoms with Crippen molar-refractivity contribution >= 4 is 11.8 Å². The summed E-state index contributed by atoms with van der Waals surface area (Å²) in [5.74, 6) is -0.235. The van der Waals surface area contributed by atoms with Gasteiger partial charge >= 0.3 is 0 Å². The smallest absolute Gasteiger partial charge is 0.245 e. The number of hydrogen-bond acceptors (Lipinski definition) is 3. The van der Waals surface area contributed by atoms with Gasteiger partial charge in [-0.25, -0.2) is 0 Å². The molecule has 2 heterocycles. The lowest BCUT2D eigenvalue weighted by atomic mass is 9.93. The molecule has 6 heteroatoms. The van der Waals surface area contributed by atoms with E-state index in [1.807, 2.05) is 37.4 Å². The fourth-order valence-corrected chi connectivity index (χ4v) is 2.97. The molecule has 1 aromatic heterocycles. The van der Waals surface area contributed by atoms with E-state index in [0.29, 0.717) is 13.0 Å². The zero-order valence-corrected chi connectivity index (χ0v) is 13.3. The molecular formula is C17H20N4O2. The third-order valence-electron chi connectivity index (χ3n) is 4.18. The highest BCUT2D eigenvalue weighted by molar-refractivity contribution is 5.88. The first-order valence-electron chi connectivity index (χ1n) is 7.65. The van der Waals surface area contributed by atoms with Crippen LogP contribution in [-0.2, 0) is 29.1 Å². The molecule has 1 atom stereocenters. The lowest BCUT2D eigenvalue weighted by Crippen LogP contribution is -2.52. The zero-order valence-electron chi connectivity index (χ0n) is 13.3. The van der Waals surface area contributed by atoms with Gasteiger partial charge in [0.1, 0.15) is 12.6 Å². The van der Waals surface area contributed by atoms with Gasteiger partial charge < -0.3 is 10.2 Å². The topological polar surface area (TPSA) is 67.2 Å². The summed E-state index contributed by atoms with van der Waals surface area (Å²) in [7, 11) is 1.60. The molecule has 0 radical (unpaired) electrons. The average molecular weight is 312 g/mol. The molecule has 1 aliphatic rings. The summed E-state index contributed by atoms with van der Waals surface area (Å²) in [6.45, 7) is 2.52. The Morgan fingerprint density at radius 1 is 1.30 bits per heavy atom. The van der Waals surface area contributed by atoms with Crippen LogP contribution in [0.1, 0.15) is 16.7 Å². The van der Waals surface area contributed by atoms with Crippen molar-refractivity contribution in [3.8, 4) is 0 Å². The molecule has 0 saturated heterocycles. The van der Waals surface area contributed by atoms with E-state index in [1.54, 1.807) is 22.8 Å². The van der Waals surface area contributed by atoms with Gasteiger partial charge in [0.2, 0.25) is 11.8 Å². The molecule has 0 saturated carbocycles. The number of fused-ring (bicyclic) bond motifs is 1. The monoisotopic (exact) mass is 312 g/mol. The zero-order chi connectivity index (χ0) is 16.4. The van der Waals surface area contributed by atoms with Gasteiger partial charge in [-0.2, -0.15) is 5.10 Å². The quantitative estimate of drug-likeness (QED) is 0.915. The minimum absolute atomic E-state index is 0.101. The third kappa shape index (κ3) is 3.11. The van der Waals surface area contributed by atoms with Crippen LogP contribution >= 0.6 is 0 Å². The molecule has 0 spiro atoms. The highest BCUT2D eigenvalue weighted by Crippen LogP contribution is 2.23. The maximum atomic E-state index is 12.7. The standard InChI is InChI=1S/C17H20N4O2/c1-12-8-19-20(9-12)11-16(22)21-10-14-6-4-3-5-13(14)7-15(21)17(23)18-2/h3-6,8-9,15H,7,10-11H2,1-2H3,(H,18,23)/t15-/m0/s1. The lowest BCUT2D eigenvalue weighted by Gasteiger charge is -2.35. The molecule has 3 rings (SSSR count). The maximum absolute atomic E-state index is 12.7. The first-order valence-corrected chi connectivity index (χ1v) is 7.65. The number of aryl methyl sites for hydroxylation is 1. The fraction of sp³-hybridized carbons (Fsp3) is 0.353. The number of nitrogens with zero attached hydrogens (tertiary/aromatic N) is 3. The molecule has 6 nitrogen and oxygen atoms in total. The van der Waals surface area contributed by atoms with E-state index in [2.05, 4.69) is 10.4 Å². The second-order valence-electron chi connectivity index (χ2n) is 5.84. The van der Waals surface area contributed by atoms with Crippen LogP contribution in [0, 0.1) is 6.92 Å². The van der Waals surface area contributed by atoms with E-state index in [1.165, 1.54) is 0 Å². The molecule has 1 aromatic carbocycles. The van der Waals surface area contributed by atoms with Gasteiger partial charge in [0.25, 0.3) is 0 Å². The number of rotatable bonds is 3. The predicted octanol–water partition coefficient (Wildman–Crippen LogP) is 0.891. The largest absolute Gasteiger partial charge is 0.357 e. The summed E-state index contributed by atoms with van der Waals surface area (Å²) in [6.07, 6.45) is 4.08. The number of carbonyl (C=O) groups excluding carboxylic acids is 2. The summed E-state index contributed by atoms with van der Waals surface area (Å²) in [6, 6.07) is 7.47. The van der Waals surface area contributed by atoms with Crippen molar-refractivity contribution in [2.75, 3.05) is 7.05 Å². The second kappa shape index (κ2) is 6.24. The first kappa shape index (κ1) is 15.3. The Bertz CT molecular complexity index is 738. The summed E-state index contributed by atoms with van der Waals surface area (Å²) >= 11 is 0. The van der Waals surface area contributed by atoms with Crippen LogP contribution < -0.4 is 5.32 Å². The van der Waals surface area contributed by atoms with Crippen LogP contribution in [0.5, 0.6) is 0 Å². The van der Waals surface area contributed by atoms with E-state index in [9.17, 15) is 9.59 Å².